The minimum atomic E-state index is -0.873. The lowest BCUT2D eigenvalue weighted by molar-refractivity contribution is -0.157. The predicted octanol–water partition coefficient (Wildman–Crippen LogP) is 3.87. The Bertz CT molecular complexity index is 870. The van der Waals surface area contributed by atoms with Gasteiger partial charge in [-0.05, 0) is 53.8 Å². The van der Waals surface area contributed by atoms with E-state index in [1.54, 1.807) is 0 Å². The van der Waals surface area contributed by atoms with Gasteiger partial charge in [-0.15, -0.1) is 0 Å². The average molecular weight is 351 g/mol. The van der Waals surface area contributed by atoms with E-state index in [9.17, 15) is 14.7 Å². The van der Waals surface area contributed by atoms with E-state index in [-0.39, 0.29) is 12.3 Å². The molecule has 2 aromatic rings. The molecule has 0 radical (unpaired) electrons. The second-order valence-corrected chi connectivity index (χ2v) is 7.17. The first kappa shape index (κ1) is 16.6. The van der Waals surface area contributed by atoms with Crippen LogP contribution in [0.25, 0.3) is 11.1 Å². The molecule has 1 aliphatic carbocycles. The lowest BCUT2D eigenvalue weighted by Crippen LogP contribution is -2.41. The van der Waals surface area contributed by atoms with Crippen LogP contribution in [-0.4, -0.2) is 23.6 Å². The Kier molecular flexibility index (Phi) is 4.15. The van der Waals surface area contributed by atoms with Gasteiger partial charge in [0.05, 0.1) is 12.0 Å². The third-order valence-electron chi connectivity index (χ3n) is 5.43. The average Bonchev–Trinajstić information content (AvgIpc) is 3.05. The molecule has 0 unspecified atom stereocenters. The van der Waals surface area contributed by atoms with E-state index in [0.29, 0.717) is 18.5 Å². The number of ether oxygens (including phenoxy) is 1. The number of carboxylic acids is 1. The molecule has 4 rings (SSSR count). The van der Waals surface area contributed by atoms with Gasteiger partial charge in [-0.25, -0.2) is 0 Å². The summed E-state index contributed by atoms with van der Waals surface area (Å²) in [6.45, 7) is 0.722. The molecule has 5 heteroatoms. The van der Waals surface area contributed by atoms with Crippen molar-refractivity contribution < 1.29 is 19.4 Å². The van der Waals surface area contributed by atoms with E-state index < -0.39 is 11.4 Å². The number of aliphatic carboxylic acids is 1. The number of hydrogen-bond donors (Lipinski definition) is 2. The first-order valence-corrected chi connectivity index (χ1v) is 8.95. The summed E-state index contributed by atoms with van der Waals surface area (Å²) in [4.78, 5) is 23.8. The zero-order valence-corrected chi connectivity index (χ0v) is 14.5. The molecule has 1 saturated carbocycles. The number of carbonyl (C=O) groups is 2. The van der Waals surface area contributed by atoms with Crippen molar-refractivity contribution in [2.45, 2.75) is 32.1 Å². The largest absolute Gasteiger partial charge is 0.493 e. The number of benzene rings is 2. The fraction of sp³-hybridized carbons (Fsp3) is 0.333. The highest BCUT2D eigenvalue weighted by Crippen LogP contribution is 2.44. The quantitative estimate of drug-likeness (QED) is 0.857. The summed E-state index contributed by atoms with van der Waals surface area (Å²) in [6.07, 6.45) is 2.97. The summed E-state index contributed by atoms with van der Waals surface area (Å²) in [5.74, 6) is -0.169. The number of fused-ring (bicyclic) bond motifs is 1. The number of nitrogens with one attached hydrogen (secondary N) is 1. The van der Waals surface area contributed by atoms with E-state index >= 15 is 0 Å². The molecule has 1 heterocycles. The summed E-state index contributed by atoms with van der Waals surface area (Å²) >= 11 is 0. The fourth-order valence-electron chi connectivity index (χ4n) is 3.72. The van der Waals surface area contributed by atoms with Gasteiger partial charge in [-0.2, -0.15) is 0 Å². The van der Waals surface area contributed by atoms with Gasteiger partial charge < -0.3 is 15.2 Å². The molecule has 134 valence electrons. The fourth-order valence-corrected chi connectivity index (χ4v) is 3.72. The van der Waals surface area contributed by atoms with Crippen LogP contribution in [-0.2, 0) is 16.0 Å². The van der Waals surface area contributed by atoms with Gasteiger partial charge in [0.25, 0.3) is 0 Å². The van der Waals surface area contributed by atoms with Crippen molar-refractivity contribution in [1.82, 2.24) is 0 Å². The molecule has 0 bridgehead atoms. The van der Waals surface area contributed by atoms with Gasteiger partial charge in [-0.3, -0.25) is 9.59 Å². The molecule has 1 fully saturated rings. The maximum atomic E-state index is 12.3. The molecule has 0 atom stereocenters. The minimum absolute atomic E-state index is 0.0305. The summed E-state index contributed by atoms with van der Waals surface area (Å²) in [7, 11) is 0. The lowest BCUT2D eigenvalue weighted by Gasteiger charge is -2.36. The second kappa shape index (κ2) is 6.48. The van der Waals surface area contributed by atoms with Crippen LogP contribution < -0.4 is 10.1 Å². The molecule has 1 aliphatic heterocycles. The highest BCUT2D eigenvalue weighted by molar-refractivity contribution is 5.95. The monoisotopic (exact) mass is 351 g/mol. The number of carboxylic acid groups (broad SMARTS) is 1. The van der Waals surface area contributed by atoms with Gasteiger partial charge in [0.2, 0.25) is 5.91 Å². The van der Waals surface area contributed by atoms with Crippen LogP contribution in [0.2, 0.25) is 0 Å². The smallest absolute Gasteiger partial charge is 0.310 e. The first-order valence-electron chi connectivity index (χ1n) is 8.95. The van der Waals surface area contributed by atoms with Crippen LogP contribution in [0.15, 0.2) is 42.5 Å². The molecular weight excluding hydrogens is 330 g/mol. The Hall–Kier alpha value is -2.82. The minimum Gasteiger partial charge on any atom is -0.493 e. The number of hydrogen-bond acceptors (Lipinski definition) is 3. The van der Waals surface area contributed by atoms with Gasteiger partial charge in [0.15, 0.2) is 0 Å². The Morgan fingerprint density at radius 1 is 1.12 bits per heavy atom. The Labute approximate surface area is 152 Å². The van der Waals surface area contributed by atoms with Crippen molar-refractivity contribution in [3.63, 3.8) is 0 Å². The molecule has 0 saturated heterocycles. The van der Waals surface area contributed by atoms with E-state index in [1.807, 2.05) is 36.4 Å². The normalized spacial score (nSPS) is 16.9. The van der Waals surface area contributed by atoms with Crippen molar-refractivity contribution in [3.05, 3.63) is 48.0 Å². The van der Waals surface area contributed by atoms with Gasteiger partial charge in [0.1, 0.15) is 5.75 Å². The number of amides is 1. The maximum Gasteiger partial charge on any atom is 0.310 e. The molecule has 2 aromatic carbocycles. The van der Waals surface area contributed by atoms with E-state index in [1.165, 1.54) is 5.56 Å². The molecule has 1 amide bonds. The van der Waals surface area contributed by atoms with Crippen LogP contribution in [0, 0.1) is 5.41 Å². The van der Waals surface area contributed by atoms with Crippen LogP contribution in [0.3, 0.4) is 0 Å². The van der Waals surface area contributed by atoms with Gasteiger partial charge in [-0.1, -0.05) is 24.6 Å². The third kappa shape index (κ3) is 3.05. The Morgan fingerprint density at radius 3 is 2.65 bits per heavy atom. The van der Waals surface area contributed by atoms with E-state index in [2.05, 4.69) is 11.4 Å². The second-order valence-electron chi connectivity index (χ2n) is 7.17. The zero-order chi connectivity index (χ0) is 18.1. The molecule has 2 aliphatic rings. The Morgan fingerprint density at radius 2 is 1.92 bits per heavy atom. The first-order chi connectivity index (χ1) is 12.6. The van der Waals surface area contributed by atoms with Crippen molar-refractivity contribution in [2.24, 2.45) is 5.41 Å². The van der Waals surface area contributed by atoms with E-state index in [0.717, 1.165) is 36.3 Å². The summed E-state index contributed by atoms with van der Waals surface area (Å²) in [5.41, 5.74) is 3.09. The highest BCUT2D eigenvalue weighted by atomic mass is 16.5. The number of rotatable bonds is 5. The van der Waals surface area contributed by atoms with Crippen molar-refractivity contribution >= 4 is 17.6 Å². The van der Waals surface area contributed by atoms with Gasteiger partial charge >= 0.3 is 5.97 Å². The topological polar surface area (TPSA) is 75.6 Å². The van der Waals surface area contributed by atoms with E-state index in [4.69, 9.17) is 4.74 Å². The summed E-state index contributed by atoms with van der Waals surface area (Å²) in [6, 6.07) is 13.8. The standard InChI is InChI=1S/C21H21NO4/c23-19(13-21(20(24)25)8-2-9-21)22-17-4-1-3-14(12-17)15-5-6-18-16(11-15)7-10-26-18/h1,3-6,11-12H,2,7-10,13H2,(H,22,23)(H,24,25). The lowest BCUT2D eigenvalue weighted by atomic mass is 9.66. The molecule has 2 N–H and O–H groups in total. The van der Waals surface area contributed by atoms with Crippen LogP contribution >= 0.6 is 0 Å². The molecule has 0 spiro atoms. The van der Waals surface area contributed by atoms with Crippen molar-refractivity contribution in [2.75, 3.05) is 11.9 Å². The molecule has 26 heavy (non-hydrogen) atoms. The van der Waals surface area contributed by atoms with Crippen LogP contribution in [0.5, 0.6) is 5.75 Å². The molecule has 0 aromatic heterocycles. The van der Waals surface area contributed by atoms with Crippen LogP contribution in [0.4, 0.5) is 5.69 Å². The summed E-state index contributed by atoms with van der Waals surface area (Å²) in [5, 5.41) is 12.2. The predicted molar refractivity (Wildman–Crippen MR) is 98.2 cm³/mol. The number of carbonyl (C=O) groups excluding carboxylic acids is 1. The summed E-state index contributed by atoms with van der Waals surface area (Å²) < 4.78 is 5.54. The van der Waals surface area contributed by atoms with Gasteiger partial charge in [0, 0.05) is 18.5 Å². The zero-order valence-electron chi connectivity index (χ0n) is 14.5. The SMILES string of the molecule is O=C(CC1(C(=O)O)CCC1)Nc1cccc(-c2ccc3c(c2)CCO3)c1. The van der Waals surface area contributed by atoms with Crippen LogP contribution in [0.1, 0.15) is 31.2 Å². The van der Waals surface area contributed by atoms with Crippen molar-refractivity contribution in [3.8, 4) is 16.9 Å². The molecule has 5 nitrogen and oxygen atoms in total. The Balaban J connectivity index is 1.49. The molecular formula is C21H21NO4. The highest BCUT2D eigenvalue weighted by Gasteiger charge is 2.45. The number of anilines is 1. The van der Waals surface area contributed by atoms with Crippen molar-refractivity contribution in [1.29, 1.82) is 0 Å². The maximum absolute atomic E-state index is 12.3. The third-order valence-corrected chi connectivity index (χ3v) is 5.43.